The molecule has 0 aromatic heterocycles. The van der Waals surface area contributed by atoms with Gasteiger partial charge in [-0.15, -0.1) is 0 Å². The Kier molecular flexibility index (Phi) is 2.73. The molecule has 0 radical (unpaired) electrons. The fourth-order valence-electron chi connectivity index (χ4n) is 0.986. The van der Waals surface area contributed by atoms with E-state index in [4.69, 9.17) is 0 Å². The first-order valence-corrected chi connectivity index (χ1v) is 4.67. The molecular weight excluding hydrogens is 270 g/mol. The van der Waals surface area contributed by atoms with Crippen LogP contribution >= 0.6 is 22.6 Å². The van der Waals surface area contributed by atoms with Crippen LogP contribution in [-0.4, -0.2) is 5.11 Å². The summed E-state index contributed by atoms with van der Waals surface area (Å²) in [4.78, 5) is 0. The molecule has 1 N–H and O–H groups in total. The van der Waals surface area contributed by atoms with Crippen molar-refractivity contribution in [2.45, 2.75) is 19.4 Å². The van der Waals surface area contributed by atoms with E-state index in [1.807, 2.05) is 22.6 Å². The van der Waals surface area contributed by atoms with Crippen molar-refractivity contribution in [3.63, 3.8) is 0 Å². The first-order valence-electron chi connectivity index (χ1n) is 3.59. The molecule has 0 amide bonds. The summed E-state index contributed by atoms with van der Waals surface area (Å²) < 4.78 is 14.0. The van der Waals surface area contributed by atoms with E-state index >= 15 is 0 Å². The second-order valence-electron chi connectivity index (χ2n) is 3.18. The third-order valence-electron chi connectivity index (χ3n) is 1.59. The van der Waals surface area contributed by atoms with Crippen molar-refractivity contribution in [3.8, 4) is 0 Å². The lowest BCUT2D eigenvalue weighted by Crippen LogP contribution is -2.17. The lowest BCUT2D eigenvalue weighted by Gasteiger charge is -2.18. The van der Waals surface area contributed by atoms with Gasteiger partial charge in [-0.1, -0.05) is 6.07 Å². The highest BCUT2D eigenvalue weighted by Gasteiger charge is 2.19. The van der Waals surface area contributed by atoms with E-state index in [1.54, 1.807) is 26.0 Å². The molecule has 0 unspecified atom stereocenters. The summed E-state index contributed by atoms with van der Waals surface area (Å²) in [5, 5.41) is 9.52. The molecule has 0 spiro atoms. The van der Waals surface area contributed by atoms with Crippen LogP contribution in [0.4, 0.5) is 4.39 Å². The van der Waals surface area contributed by atoms with Gasteiger partial charge in [0.15, 0.2) is 0 Å². The SMILES string of the molecule is CC(C)(O)c1ccc(I)cc1F. The Bertz CT molecular complexity index is 291. The molecule has 0 aliphatic heterocycles. The summed E-state index contributed by atoms with van der Waals surface area (Å²) in [7, 11) is 0. The molecule has 1 aromatic carbocycles. The van der Waals surface area contributed by atoms with Gasteiger partial charge in [-0.25, -0.2) is 4.39 Å². The topological polar surface area (TPSA) is 20.2 Å². The Morgan fingerprint density at radius 1 is 1.42 bits per heavy atom. The van der Waals surface area contributed by atoms with Crippen LogP contribution in [0.3, 0.4) is 0 Å². The molecule has 0 fully saturated rings. The number of hydrogen-bond acceptors (Lipinski definition) is 1. The van der Waals surface area contributed by atoms with Gasteiger partial charge in [-0.3, -0.25) is 0 Å². The molecule has 1 aromatic rings. The van der Waals surface area contributed by atoms with Gasteiger partial charge in [0.1, 0.15) is 5.82 Å². The molecule has 0 bridgehead atoms. The highest BCUT2D eigenvalue weighted by Crippen LogP contribution is 2.23. The van der Waals surface area contributed by atoms with Crippen LogP contribution in [0.15, 0.2) is 18.2 Å². The molecular formula is C9H10FIO. The molecule has 12 heavy (non-hydrogen) atoms. The zero-order valence-electron chi connectivity index (χ0n) is 6.94. The summed E-state index contributed by atoms with van der Waals surface area (Å²) in [5.74, 6) is -0.352. The number of halogens is 2. The molecule has 0 saturated carbocycles. The molecule has 0 atom stereocenters. The highest BCUT2D eigenvalue weighted by atomic mass is 127. The fraction of sp³-hybridized carbons (Fsp3) is 0.333. The second-order valence-corrected chi connectivity index (χ2v) is 4.43. The predicted molar refractivity (Wildman–Crippen MR) is 54.4 cm³/mol. The maximum atomic E-state index is 13.2. The van der Waals surface area contributed by atoms with Gasteiger partial charge in [0.25, 0.3) is 0 Å². The van der Waals surface area contributed by atoms with Gasteiger partial charge in [-0.05, 0) is 48.6 Å². The van der Waals surface area contributed by atoms with Crippen molar-refractivity contribution in [2.75, 3.05) is 0 Å². The Morgan fingerprint density at radius 2 is 2.00 bits per heavy atom. The van der Waals surface area contributed by atoms with Gasteiger partial charge in [-0.2, -0.15) is 0 Å². The van der Waals surface area contributed by atoms with Gasteiger partial charge >= 0.3 is 0 Å². The molecule has 1 nitrogen and oxygen atoms in total. The zero-order valence-corrected chi connectivity index (χ0v) is 9.09. The largest absolute Gasteiger partial charge is 0.386 e. The van der Waals surface area contributed by atoms with Crippen LogP contribution < -0.4 is 0 Å². The Labute approximate surface area is 84.7 Å². The highest BCUT2D eigenvalue weighted by molar-refractivity contribution is 14.1. The Morgan fingerprint density at radius 3 is 2.42 bits per heavy atom. The van der Waals surface area contributed by atoms with E-state index in [1.165, 1.54) is 6.07 Å². The lowest BCUT2D eigenvalue weighted by molar-refractivity contribution is 0.0745. The summed E-state index contributed by atoms with van der Waals surface area (Å²) in [6.07, 6.45) is 0. The van der Waals surface area contributed by atoms with Crippen LogP contribution in [0.25, 0.3) is 0 Å². The van der Waals surface area contributed by atoms with Crippen LogP contribution in [0, 0.1) is 9.39 Å². The first kappa shape index (κ1) is 9.92. The standard InChI is InChI=1S/C9H10FIO/c1-9(2,12)7-4-3-6(11)5-8(7)10/h3-5,12H,1-2H3. The third kappa shape index (κ3) is 2.17. The van der Waals surface area contributed by atoms with Gasteiger partial charge < -0.3 is 5.11 Å². The van der Waals surface area contributed by atoms with Gasteiger partial charge in [0.05, 0.1) is 5.60 Å². The second kappa shape index (κ2) is 3.30. The molecule has 0 aliphatic carbocycles. The minimum absolute atomic E-state index is 0.336. The quantitative estimate of drug-likeness (QED) is 0.784. The van der Waals surface area contributed by atoms with E-state index in [-0.39, 0.29) is 5.82 Å². The Balaban J connectivity index is 3.19. The van der Waals surface area contributed by atoms with Crippen LogP contribution in [0.1, 0.15) is 19.4 Å². The van der Waals surface area contributed by atoms with Crippen molar-refractivity contribution in [2.24, 2.45) is 0 Å². The van der Waals surface area contributed by atoms with Gasteiger partial charge in [0.2, 0.25) is 0 Å². The molecule has 66 valence electrons. The minimum Gasteiger partial charge on any atom is -0.386 e. The molecule has 0 aliphatic rings. The van der Waals surface area contributed by atoms with Crippen molar-refractivity contribution in [3.05, 3.63) is 33.1 Å². The fourth-order valence-corrected chi connectivity index (χ4v) is 1.44. The van der Waals surface area contributed by atoms with Crippen molar-refractivity contribution >= 4 is 22.6 Å². The molecule has 3 heteroatoms. The summed E-state index contributed by atoms with van der Waals surface area (Å²) in [6, 6.07) is 4.79. The number of aliphatic hydroxyl groups is 1. The van der Waals surface area contributed by atoms with Gasteiger partial charge in [0, 0.05) is 9.13 Å². The minimum atomic E-state index is -1.10. The normalized spacial score (nSPS) is 11.8. The zero-order chi connectivity index (χ0) is 9.35. The smallest absolute Gasteiger partial charge is 0.130 e. The predicted octanol–water partition coefficient (Wildman–Crippen LogP) is 2.66. The van der Waals surface area contributed by atoms with Crippen LogP contribution in [-0.2, 0) is 5.60 Å². The summed E-state index contributed by atoms with van der Waals surface area (Å²) in [5.41, 5.74) is -0.767. The molecule has 0 heterocycles. The van der Waals surface area contributed by atoms with Crippen molar-refractivity contribution < 1.29 is 9.50 Å². The lowest BCUT2D eigenvalue weighted by atomic mass is 9.98. The van der Waals surface area contributed by atoms with Crippen molar-refractivity contribution in [1.82, 2.24) is 0 Å². The summed E-state index contributed by atoms with van der Waals surface area (Å²) >= 11 is 2.03. The average Bonchev–Trinajstić information content (AvgIpc) is 1.83. The number of rotatable bonds is 1. The first-order chi connectivity index (χ1) is 5.41. The summed E-state index contributed by atoms with van der Waals surface area (Å²) in [6.45, 7) is 3.14. The molecule has 1 rings (SSSR count). The van der Waals surface area contributed by atoms with E-state index in [9.17, 15) is 9.50 Å². The van der Waals surface area contributed by atoms with Crippen molar-refractivity contribution in [1.29, 1.82) is 0 Å². The average molecular weight is 280 g/mol. The Hall–Kier alpha value is -0.160. The monoisotopic (exact) mass is 280 g/mol. The number of hydrogen-bond donors (Lipinski definition) is 1. The van der Waals surface area contributed by atoms with E-state index in [0.717, 1.165) is 3.57 Å². The number of benzene rings is 1. The third-order valence-corrected chi connectivity index (χ3v) is 2.26. The van der Waals surface area contributed by atoms with Crippen LogP contribution in [0.5, 0.6) is 0 Å². The molecule has 0 saturated heterocycles. The van der Waals surface area contributed by atoms with E-state index < -0.39 is 5.60 Å². The van der Waals surface area contributed by atoms with E-state index in [2.05, 4.69) is 0 Å². The van der Waals surface area contributed by atoms with Crippen LogP contribution in [0.2, 0.25) is 0 Å². The van der Waals surface area contributed by atoms with E-state index in [0.29, 0.717) is 5.56 Å². The maximum Gasteiger partial charge on any atom is 0.130 e. The maximum absolute atomic E-state index is 13.2.